The number of carbonyl (C=O) groups is 1. The van der Waals surface area contributed by atoms with Crippen LogP contribution in [0.4, 0.5) is 15.7 Å². The molecule has 0 saturated heterocycles. The lowest BCUT2D eigenvalue weighted by Crippen LogP contribution is -2.42. The van der Waals surface area contributed by atoms with Gasteiger partial charge in [-0.25, -0.2) is 9.78 Å². The molecule has 116 valence electrons. The maximum absolute atomic E-state index is 11.8. The molecule has 1 aliphatic carbocycles. The van der Waals surface area contributed by atoms with Gasteiger partial charge < -0.3 is 10.6 Å². The van der Waals surface area contributed by atoms with Crippen molar-refractivity contribution in [1.29, 1.82) is 0 Å². The van der Waals surface area contributed by atoms with Crippen LogP contribution < -0.4 is 16.0 Å². The summed E-state index contributed by atoms with van der Waals surface area (Å²) in [5, 5.41) is 17.1. The van der Waals surface area contributed by atoms with Crippen LogP contribution in [-0.2, 0) is 0 Å². The molecule has 0 aliphatic heterocycles. The summed E-state index contributed by atoms with van der Waals surface area (Å²) in [4.78, 5) is 16.1. The lowest BCUT2D eigenvalue weighted by molar-refractivity contribution is 0.243. The molecule has 2 amide bonds. The second-order valence-corrected chi connectivity index (χ2v) is 6.08. The summed E-state index contributed by atoms with van der Waals surface area (Å²) in [6.45, 7) is 0. The molecule has 0 aromatic carbocycles. The summed E-state index contributed by atoms with van der Waals surface area (Å²) in [6, 6.07) is 6.26. The highest BCUT2D eigenvalue weighted by Gasteiger charge is 2.22. The van der Waals surface area contributed by atoms with Crippen LogP contribution in [0.25, 0.3) is 0 Å². The Morgan fingerprint density at radius 1 is 1.18 bits per heavy atom. The summed E-state index contributed by atoms with van der Waals surface area (Å²) >= 11 is 1.30. The first-order chi connectivity index (χ1) is 10.8. The summed E-state index contributed by atoms with van der Waals surface area (Å²) in [7, 11) is 0. The van der Waals surface area contributed by atoms with Crippen LogP contribution in [0.5, 0.6) is 0 Å². The first-order valence-electron chi connectivity index (χ1n) is 7.31. The van der Waals surface area contributed by atoms with Crippen LogP contribution in [0.1, 0.15) is 25.7 Å². The number of pyridine rings is 1. The molecule has 2 aromatic rings. The topological polar surface area (TPSA) is 91.8 Å². The number of hydrogen-bond acceptors (Lipinski definition) is 6. The molecule has 1 aliphatic rings. The number of nitrogens with zero attached hydrogens (tertiary/aromatic N) is 3. The van der Waals surface area contributed by atoms with E-state index in [0.29, 0.717) is 11.2 Å². The molecule has 0 atom stereocenters. The van der Waals surface area contributed by atoms with Gasteiger partial charge in [-0.05, 0) is 37.8 Å². The third-order valence-electron chi connectivity index (χ3n) is 3.66. The number of carbonyl (C=O) groups excluding carboxylic acids is 1. The molecule has 1 saturated carbocycles. The van der Waals surface area contributed by atoms with Crippen LogP contribution in [0.3, 0.4) is 0 Å². The fraction of sp³-hybridized carbons (Fsp3) is 0.429. The lowest BCUT2D eigenvalue weighted by Gasteiger charge is -2.29. The van der Waals surface area contributed by atoms with Crippen LogP contribution in [0.2, 0.25) is 0 Å². The second kappa shape index (κ2) is 7.17. The van der Waals surface area contributed by atoms with Gasteiger partial charge in [0, 0.05) is 18.3 Å². The molecule has 2 aromatic heterocycles. The molecular weight excluding hydrogens is 300 g/mol. The zero-order valence-corrected chi connectivity index (χ0v) is 12.8. The third-order valence-corrected chi connectivity index (χ3v) is 4.27. The van der Waals surface area contributed by atoms with Gasteiger partial charge in [0.1, 0.15) is 11.3 Å². The largest absolute Gasteiger partial charge is 0.367 e. The van der Waals surface area contributed by atoms with Crippen molar-refractivity contribution in [2.75, 3.05) is 10.6 Å². The van der Waals surface area contributed by atoms with Crippen LogP contribution in [0.15, 0.2) is 29.9 Å². The van der Waals surface area contributed by atoms with E-state index in [1.807, 2.05) is 18.2 Å². The van der Waals surface area contributed by atoms with Crippen molar-refractivity contribution < 1.29 is 4.79 Å². The number of anilines is 2. The Kier molecular flexibility index (Phi) is 4.79. The van der Waals surface area contributed by atoms with Crippen LogP contribution >= 0.6 is 11.3 Å². The Hall–Kier alpha value is -2.22. The number of aromatic nitrogens is 3. The number of urea groups is 1. The number of amides is 2. The van der Waals surface area contributed by atoms with Crippen molar-refractivity contribution in [2.24, 2.45) is 0 Å². The average molecular weight is 318 g/mol. The van der Waals surface area contributed by atoms with E-state index in [4.69, 9.17) is 0 Å². The van der Waals surface area contributed by atoms with Crippen LogP contribution in [0, 0.1) is 0 Å². The second-order valence-electron chi connectivity index (χ2n) is 5.25. The summed E-state index contributed by atoms with van der Waals surface area (Å²) in [5.74, 6) is 0.910. The first kappa shape index (κ1) is 14.7. The molecular formula is C14H18N6OS. The summed E-state index contributed by atoms with van der Waals surface area (Å²) in [6.07, 6.45) is 5.72. The highest BCUT2D eigenvalue weighted by molar-refractivity contribution is 7.13. The van der Waals surface area contributed by atoms with Gasteiger partial charge in [-0.15, -0.1) is 10.2 Å². The average Bonchev–Trinajstić information content (AvgIpc) is 3.03. The molecule has 0 radical (unpaired) electrons. The van der Waals surface area contributed by atoms with Crippen molar-refractivity contribution in [3.8, 4) is 0 Å². The van der Waals surface area contributed by atoms with Gasteiger partial charge in [0.25, 0.3) is 0 Å². The number of nitrogens with one attached hydrogen (secondary N) is 3. The maximum atomic E-state index is 11.8. The zero-order chi connectivity index (χ0) is 15.2. The van der Waals surface area contributed by atoms with E-state index in [1.54, 1.807) is 11.7 Å². The number of rotatable bonds is 4. The van der Waals surface area contributed by atoms with Gasteiger partial charge in [-0.3, -0.25) is 5.32 Å². The minimum absolute atomic E-state index is 0.203. The Balaban J connectivity index is 1.41. The predicted octanol–water partition coefficient (Wildman–Crippen LogP) is 2.48. The molecule has 7 nitrogen and oxygen atoms in total. The molecule has 0 spiro atoms. The minimum atomic E-state index is -0.210. The Morgan fingerprint density at radius 3 is 2.68 bits per heavy atom. The molecule has 3 rings (SSSR count). The van der Waals surface area contributed by atoms with Gasteiger partial charge in [-0.1, -0.05) is 17.4 Å². The van der Waals surface area contributed by atoms with Crippen molar-refractivity contribution in [3.63, 3.8) is 0 Å². The van der Waals surface area contributed by atoms with E-state index in [-0.39, 0.29) is 12.1 Å². The quantitative estimate of drug-likeness (QED) is 0.805. The molecule has 0 unspecified atom stereocenters. The smallest absolute Gasteiger partial charge is 0.321 e. The van der Waals surface area contributed by atoms with Gasteiger partial charge >= 0.3 is 6.03 Å². The first-order valence-corrected chi connectivity index (χ1v) is 8.19. The fourth-order valence-electron chi connectivity index (χ4n) is 2.59. The fourth-order valence-corrected chi connectivity index (χ4v) is 3.03. The maximum Gasteiger partial charge on any atom is 0.321 e. The van der Waals surface area contributed by atoms with Gasteiger partial charge in [0.15, 0.2) is 0 Å². The minimum Gasteiger partial charge on any atom is -0.367 e. The molecule has 22 heavy (non-hydrogen) atoms. The molecule has 2 heterocycles. The van der Waals surface area contributed by atoms with Crippen molar-refractivity contribution in [1.82, 2.24) is 20.5 Å². The van der Waals surface area contributed by atoms with Crippen molar-refractivity contribution in [3.05, 3.63) is 29.9 Å². The van der Waals surface area contributed by atoms with E-state index >= 15 is 0 Å². The van der Waals surface area contributed by atoms with Gasteiger partial charge in [-0.2, -0.15) is 0 Å². The van der Waals surface area contributed by atoms with Gasteiger partial charge in [0.2, 0.25) is 5.13 Å². The predicted molar refractivity (Wildman–Crippen MR) is 86.0 cm³/mol. The summed E-state index contributed by atoms with van der Waals surface area (Å²) < 4.78 is 0. The Labute approximate surface area is 132 Å². The molecule has 0 bridgehead atoms. The van der Waals surface area contributed by atoms with E-state index in [2.05, 4.69) is 31.1 Å². The SMILES string of the molecule is O=C(Nc1nncs1)NC1CCC(Nc2ccccn2)CC1. The standard InChI is InChI=1S/C14H18N6OS/c21-13(19-14-20-16-9-22-14)18-11-6-4-10(5-7-11)17-12-3-1-2-8-15-12/h1-3,8-11H,4-7H2,(H,15,17)(H2,18,19,20,21). The third kappa shape index (κ3) is 4.14. The summed E-state index contributed by atoms with van der Waals surface area (Å²) in [5.41, 5.74) is 1.59. The van der Waals surface area contributed by atoms with E-state index in [1.165, 1.54) is 11.3 Å². The Morgan fingerprint density at radius 2 is 2.00 bits per heavy atom. The highest BCUT2D eigenvalue weighted by Crippen LogP contribution is 2.21. The highest BCUT2D eigenvalue weighted by atomic mass is 32.1. The molecule has 1 fully saturated rings. The zero-order valence-electron chi connectivity index (χ0n) is 12.0. The van der Waals surface area contributed by atoms with E-state index < -0.39 is 0 Å². The van der Waals surface area contributed by atoms with E-state index in [0.717, 1.165) is 31.5 Å². The van der Waals surface area contributed by atoms with Crippen molar-refractivity contribution >= 4 is 28.3 Å². The Bertz CT molecular complexity index is 583. The molecule has 3 N–H and O–H groups in total. The van der Waals surface area contributed by atoms with E-state index in [9.17, 15) is 4.79 Å². The normalized spacial score (nSPS) is 21.1. The van der Waals surface area contributed by atoms with Gasteiger partial charge in [0.05, 0.1) is 0 Å². The molecule has 8 heteroatoms. The lowest BCUT2D eigenvalue weighted by atomic mass is 9.91. The van der Waals surface area contributed by atoms with Crippen molar-refractivity contribution in [2.45, 2.75) is 37.8 Å². The number of hydrogen-bond donors (Lipinski definition) is 3. The monoisotopic (exact) mass is 318 g/mol. The van der Waals surface area contributed by atoms with Crippen LogP contribution in [-0.4, -0.2) is 33.3 Å².